The molecule has 0 saturated carbocycles. The summed E-state index contributed by atoms with van der Waals surface area (Å²) in [6.07, 6.45) is 4.17. The molecule has 2 rings (SSSR count). The molecular formula is C20H29NO4. The Morgan fingerprint density at radius 3 is 2.84 bits per heavy atom. The van der Waals surface area contributed by atoms with Crippen LogP contribution in [0.3, 0.4) is 0 Å². The van der Waals surface area contributed by atoms with Crippen molar-refractivity contribution in [3.63, 3.8) is 0 Å². The van der Waals surface area contributed by atoms with Gasteiger partial charge in [0.25, 0.3) is 0 Å². The van der Waals surface area contributed by atoms with E-state index < -0.39 is 5.97 Å². The predicted molar refractivity (Wildman–Crippen MR) is 96.7 cm³/mol. The zero-order valence-electron chi connectivity index (χ0n) is 15.2. The van der Waals surface area contributed by atoms with E-state index in [0.717, 1.165) is 37.1 Å². The van der Waals surface area contributed by atoms with Gasteiger partial charge < -0.3 is 14.7 Å². The molecule has 0 unspecified atom stereocenters. The number of piperidine rings is 1. The molecule has 1 aromatic rings. The van der Waals surface area contributed by atoms with Crippen LogP contribution in [0.4, 0.5) is 0 Å². The number of hydrogen-bond acceptors (Lipinski definition) is 3. The average Bonchev–Trinajstić information content (AvgIpc) is 2.60. The zero-order valence-corrected chi connectivity index (χ0v) is 15.2. The van der Waals surface area contributed by atoms with E-state index in [2.05, 4.69) is 6.92 Å². The van der Waals surface area contributed by atoms with Crippen LogP contribution >= 0.6 is 0 Å². The van der Waals surface area contributed by atoms with Gasteiger partial charge in [-0.05, 0) is 49.1 Å². The zero-order chi connectivity index (χ0) is 18.2. The van der Waals surface area contributed by atoms with Crippen molar-refractivity contribution in [2.24, 2.45) is 11.8 Å². The summed E-state index contributed by atoms with van der Waals surface area (Å²) < 4.78 is 5.38. The van der Waals surface area contributed by atoms with Crippen LogP contribution in [0, 0.1) is 11.8 Å². The molecular weight excluding hydrogens is 318 g/mol. The van der Waals surface area contributed by atoms with Crippen LogP contribution in [0.1, 0.15) is 44.6 Å². The first-order valence-electron chi connectivity index (χ1n) is 9.11. The Kier molecular flexibility index (Phi) is 7.29. The number of amides is 1. The first-order chi connectivity index (χ1) is 12.0. The second kappa shape index (κ2) is 9.44. The van der Waals surface area contributed by atoms with Crippen molar-refractivity contribution in [3.8, 4) is 5.75 Å². The van der Waals surface area contributed by atoms with Crippen LogP contribution in [-0.2, 0) is 16.0 Å². The number of carboxylic acid groups (broad SMARTS) is 1. The van der Waals surface area contributed by atoms with Crippen molar-refractivity contribution in [3.05, 3.63) is 29.8 Å². The number of benzene rings is 1. The standard InChI is InChI=1S/C20H29NO4/c1-15(12-17-7-3-4-8-18(17)25-2)13-19(22)21-11-5-6-16(14-21)9-10-20(23)24/h3-4,7-8,15-16H,5-6,9-14H2,1-2H3,(H,23,24)/t15-,16-/m0/s1. The van der Waals surface area contributed by atoms with Gasteiger partial charge in [-0.15, -0.1) is 0 Å². The molecule has 0 aromatic heterocycles. The van der Waals surface area contributed by atoms with Gasteiger partial charge >= 0.3 is 5.97 Å². The van der Waals surface area contributed by atoms with E-state index in [1.807, 2.05) is 29.2 Å². The number of nitrogens with zero attached hydrogens (tertiary/aromatic N) is 1. The minimum absolute atomic E-state index is 0.183. The summed E-state index contributed by atoms with van der Waals surface area (Å²) in [7, 11) is 1.67. The Morgan fingerprint density at radius 2 is 2.12 bits per heavy atom. The van der Waals surface area contributed by atoms with Gasteiger partial charge in [-0.25, -0.2) is 0 Å². The highest BCUT2D eigenvalue weighted by atomic mass is 16.5. The van der Waals surface area contributed by atoms with E-state index in [9.17, 15) is 9.59 Å². The molecule has 1 amide bonds. The summed E-state index contributed by atoms with van der Waals surface area (Å²) in [5.41, 5.74) is 1.13. The van der Waals surface area contributed by atoms with Gasteiger partial charge in [-0.3, -0.25) is 9.59 Å². The van der Waals surface area contributed by atoms with Gasteiger partial charge in [0.05, 0.1) is 7.11 Å². The maximum atomic E-state index is 12.6. The fraction of sp³-hybridized carbons (Fsp3) is 0.600. The number of ether oxygens (including phenoxy) is 1. The molecule has 5 nitrogen and oxygen atoms in total. The molecule has 0 spiro atoms. The molecule has 1 saturated heterocycles. The number of para-hydroxylation sites is 1. The summed E-state index contributed by atoms with van der Waals surface area (Å²) in [6, 6.07) is 7.93. The molecule has 25 heavy (non-hydrogen) atoms. The summed E-state index contributed by atoms with van der Waals surface area (Å²) in [4.78, 5) is 25.3. The topological polar surface area (TPSA) is 66.8 Å². The molecule has 0 aliphatic carbocycles. The van der Waals surface area contributed by atoms with Crippen LogP contribution in [0.25, 0.3) is 0 Å². The SMILES string of the molecule is COc1ccccc1C[C@H](C)CC(=O)N1CCC[C@@H](CCC(=O)O)C1. The number of hydrogen-bond donors (Lipinski definition) is 1. The van der Waals surface area contributed by atoms with Gasteiger partial charge in [0, 0.05) is 25.9 Å². The summed E-state index contributed by atoms with van der Waals surface area (Å²) in [6.45, 7) is 3.59. The molecule has 1 fully saturated rings. The van der Waals surface area contributed by atoms with E-state index in [1.54, 1.807) is 7.11 Å². The van der Waals surface area contributed by atoms with E-state index in [1.165, 1.54) is 0 Å². The fourth-order valence-electron chi connectivity index (χ4n) is 3.60. The first-order valence-corrected chi connectivity index (χ1v) is 9.11. The normalized spacial score (nSPS) is 18.6. The third-order valence-electron chi connectivity index (χ3n) is 4.92. The van der Waals surface area contributed by atoms with Crippen molar-refractivity contribution in [1.82, 2.24) is 4.90 Å². The second-order valence-corrected chi connectivity index (χ2v) is 7.11. The van der Waals surface area contributed by atoms with Crippen molar-refractivity contribution in [1.29, 1.82) is 0 Å². The maximum Gasteiger partial charge on any atom is 0.303 e. The lowest BCUT2D eigenvalue weighted by Gasteiger charge is -2.33. The van der Waals surface area contributed by atoms with Gasteiger partial charge in [-0.2, -0.15) is 0 Å². The number of rotatable bonds is 8. The number of carbonyl (C=O) groups excluding carboxylic acids is 1. The van der Waals surface area contributed by atoms with Crippen molar-refractivity contribution in [2.45, 2.75) is 45.4 Å². The van der Waals surface area contributed by atoms with Gasteiger partial charge in [0.2, 0.25) is 5.91 Å². The number of carbonyl (C=O) groups is 2. The quantitative estimate of drug-likeness (QED) is 0.783. The summed E-state index contributed by atoms with van der Waals surface area (Å²) in [5.74, 6) is 0.853. The lowest BCUT2D eigenvalue weighted by Crippen LogP contribution is -2.40. The summed E-state index contributed by atoms with van der Waals surface area (Å²) >= 11 is 0. The van der Waals surface area contributed by atoms with Crippen LogP contribution < -0.4 is 4.74 Å². The number of methoxy groups -OCH3 is 1. The molecule has 1 aliphatic rings. The lowest BCUT2D eigenvalue weighted by molar-refractivity contribution is -0.137. The molecule has 138 valence electrons. The Balaban J connectivity index is 1.84. The van der Waals surface area contributed by atoms with Gasteiger partial charge in [-0.1, -0.05) is 25.1 Å². The van der Waals surface area contributed by atoms with E-state index in [4.69, 9.17) is 9.84 Å². The molecule has 0 bridgehead atoms. The Hall–Kier alpha value is -2.04. The molecule has 1 aliphatic heterocycles. The molecule has 0 radical (unpaired) electrons. The molecule has 1 N–H and O–H groups in total. The van der Waals surface area contributed by atoms with E-state index >= 15 is 0 Å². The Morgan fingerprint density at radius 1 is 1.36 bits per heavy atom. The van der Waals surface area contributed by atoms with Crippen LogP contribution in [0.15, 0.2) is 24.3 Å². The molecule has 2 atom stereocenters. The minimum atomic E-state index is -0.756. The molecule has 1 heterocycles. The Labute approximate surface area is 150 Å². The smallest absolute Gasteiger partial charge is 0.303 e. The lowest BCUT2D eigenvalue weighted by atomic mass is 9.92. The van der Waals surface area contributed by atoms with Crippen molar-refractivity contribution < 1.29 is 19.4 Å². The van der Waals surface area contributed by atoms with Crippen LogP contribution in [0.2, 0.25) is 0 Å². The first kappa shape index (κ1) is 19.3. The van der Waals surface area contributed by atoms with Crippen LogP contribution in [-0.4, -0.2) is 42.1 Å². The highest BCUT2D eigenvalue weighted by Crippen LogP contribution is 2.25. The van der Waals surface area contributed by atoms with Crippen LogP contribution in [0.5, 0.6) is 5.75 Å². The largest absolute Gasteiger partial charge is 0.496 e. The highest BCUT2D eigenvalue weighted by molar-refractivity contribution is 5.76. The molecule has 1 aromatic carbocycles. The maximum absolute atomic E-state index is 12.6. The van der Waals surface area contributed by atoms with Crippen molar-refractivity contribution >= 4 is 11.9 Å². The van der Waals surface area contributed by atoms with Crippen molar-refractivity contribution in [2.75, 3.05) is 20.2 Å². The minimum Gasteiger partial charge on any atom is -0.496 e. The van der Waals surface area contributed by atoms with E-state index in [-0.39, 0.29) is 18.2 Å². The monoisotopic (exact) mass is 347 g/mol. The summed E-state index contributed by atoms with van der Waals surface area (Å²) in [5, 5.41) is 8.83. The van der Waals surface area contributed by atoms with Gasteiger partial charge in [0.1, 0.15) is 5.75 Å². The third kappa shape index (κ3) is 6.07. The second-order valence-electron chi connectivity index (χ2n) is 7.11. The average molecular weight is 347 g/mol. The number of likely N-dealkylation sites (tertiary alicyclic amines) is 1. The van der Waals surface area contributed by atoms with E-state index in [0.29, 0.717) is 25.3 Å². The highest BCUT2D eigenvalue weighted by Gasteiger charge is 2.25. The number of carboxylic acids is 1. The Bertz CT molecular complexity index is 587. The fourth-order valence-corrected chi connectivity index (χ4v) is 3.60. The number of aliphatic carboxylic acids is 1. The predicted octanol–water partition coefficient (Wildman–Crippen LogP) is 3.37. The van der Waals surface area contributed by atoms with Gasteiger partial charge in [0.15, 0.2) is 0 Å². The third-order valence-corrected chi connectivity index (χ3v) is 4.92. The molecule has 5 heteroatoms.